The summed E-state index contributed by atoms with van der Waals surface area (Å²) in [6.45, 7) is 1.26. The molecule has 0 spiro atoms. The Bertz CT molecular complexity index is 772. The summed E-state index contributed by atoms with van der Waals surface area (Å²) in [5.41, 5.74) is -0.0192. The van der Waals surface area contributed by atoms with Crippen molar-refractivity contribution in [1.82, 2.24) is 20.1 Å². The molecule has 0 atom stereocenters. The number of nitro groups is 1. The number of hydrogen-bond donors (Lipinski definition) is 1. The Morgan fingerprint density at radius 1 is 1.23 bits per heavy atom. The summed E-state index contributed by atoms with van der Waals surface area (Å²) in [6, 6.07) is 5.61. The third-order valence-electron chi connectivity index (χ3n) is 4.27. The second-order valence-electron chi connectivity index (χ2n) is 6.13. The first kappa shape index (κ1) is 17.8. The summed E-state index contributed by atoms with van der Waals surface area (Å²) in [5, 5.41) is 21.8. The molecule has 26 heavy (non-hydrogen) atoms. The van der Waals surface area contributed by atoms with Gasteiger partial charge in [0.2, 0.25) is 0 Å². The number of ether oxygens (including phenoxy) is 1. The van der Waals surface area contributed by atoms with Crippen molar-refractivity contribution in [3.8, 4) is 5.75 Å². The molecule has 0 unspecified atom stereocenters. The summed E-state index contributed by atoms with van der Waals surface area (Å²) in [4.78, 5) is 22.0. The third-order valence-corrected chi connectivity index (χ3v) is 4.27. The molecule has 0 saturated carbocycles. The Kier molecular flexibility index (Phi) is 5.77. The number of carbonyl (C=O) groups is 1. The highest BCUT2D eigenvalue weighted by Crippen LogP contribution is 2.17. The lowest BCUT2D eigenvalue weighted by Crippen LogP contribution is -2.31. The topological polar surface area (TPSA) is 112 Å². The van der Waals surface area contributed by atoms with Crippen LogP contribution in [0.15, 0.2) is 24.3 Å². The first-order valence-electron chi connectivity index (χ1n) is 8.68. The Morgan fingerprint density at radius 3 is 2.81 bits per heavy atom. The molecule has 0 saturated heterocycles. The van der Waals surface area contributed by atoms with Gasteiger partial charge in [-0.05, 0) is 25.0 Å². The van der Waals surface area contributed by atoms with Gasteiger partial charge in [0.1, 0.15) is 17.4 Å². The minimum Gasteiger partial charge on any atom is -0.484 e. The molecule has 0 fully saturated rings. The molecule has 9 heteroatoms. The number of aryl methyl sites for hydroxylation is 1. The average molecular weight is 359 g/mol. The van der Waals surface area contributed by atoms with Crippen LogP contribution < -0.4 is 10.1 Å². The van der Waals surface area contributed by atoms with Crippen molar-refractivity contribution in [2.24, 2.45) is 0 Å². The van der Waals surface area contributed by atoms with Crippen LogP contribution in [0.1, 0.15) is 30.9 Å². The van der Waals surface area contributed by atoms with E-state index >= 15 is 0 Å². The molecule has 1 amide bonds. The second-order valence-corrected chi connectivity index (χ2v) is 6.13. The molecular weight excluding hydrogens is 338 g/mol. The van der Waals surface area contributed by atoms with Crippen molar-refractivity contribution in [3.63, 3.8) is 0 Å². The minimum atomic E-state index is -0.484. The van der Waals surface area contributed by atoms with E-state index in [0.717, 1.165) is 37.5 Å². The monoisotopic (exact) mass is 359 g/mol. The fourth-order valence-corrected chi connectivity index (χ4v) is 2.91. The molecule has 3 rings (SSSR count). The zero-order valence-corrected chi connectivity index (χ0v) is 14.4. The summed E-state index contributed by atoms with van der Waals surface area (Å²) in [7, 11) is 0. The minimum absolute atomic E-state index is 0.0192. The molecule has 2 aromatic rings. The number of hydrogen-bond acceptors (Lipinski definition) is 6. The van der Waals surface area contributed by atoms with Gasteiger partial charge in [-0.3, -0.25) is 14.9 Å². The molecule has 0 bridgehead atoms. The van der Waals surface area contributed by atoms with Gasteiger partial charge in [-0.1, -0.05) is 6.42 Å². The molecular formula is C17H21N5O4. The van der Waals surface area contributed by atoms with Crippen LogP contribution in [0.3, 0.4) is 0 Å². The number of rotatable bonds is 7. The Labute approximate surface area is 150 Å². The van der Waals surface area contributed by atoms with E-state index < -0.39 is 4.92 Å². The van der Waals surface area contributed by atoms with Crippen molar-refractivity contribution in [2.45, 2.75) is 38.6 Å². The van der Waals surface area contributed by atoms with Crippen LogP contribution in [0.25, 0.3) is 0 Å². The van der Waals surface area contributed by atoms with Gasteiger partial charge in [0, 0.05) is 38.1 Å². The van der Waals surface area contributed by atoms with Crippen molar-refractivity contribution < 1.29 is 14.5 Å². The van der Waals surface area contributed by atoms with E-state index in [1.165, 1.54) is 30.7 Å². The molecule has 2 heterocycles. The molecule has 138 valence electrons. The largest absolute Gasteiger partial charge is 0.484 e. The molecule has 1 aromatic heterocycles. The lowest BCUT2D eigenvalue weighted by atomic mass is 10.2. The zero-order chi connectivity index (χ0) is 18.4. The number of amides is 1. The maximum absolute atomic E-state index is 11.9. The molecule has 1 N–H and O–H groups in total. The Hall–Kier alpha value is -2.97. The van der Waals surface area contributed by atoms with Crippen LogP contribution in [0.4, 0.5) is 5.69 Å². The Balaban J connectivity index is 1.42. The smallest absolute Gasteiger partial charge is 0.269 e. The van der Waals surface area contributed by atoms with Gasteiger partial charge in [-0.15, -0.1) is 10.2 Å². The molecule has 9 nitrogen and oxygen atoms in total. The van der Waals surface area contributed by atoms with Crippen LogP contribution >= 0.6 is 0 Å². The second kappa shape index (κ2) is 8.41. The number of fused-ring (bicyclic) bond motifs is 1. The fourth-order valence-electron chi connectivity index (χ4n) is 2.91. The molecule has 0 aliphatic carbocycles. The normalized spacial score (nSPS) is 13.5. The molecule has 1 aliphatic rings. The van der Waals surface area contributed by atoms with E-state index in [-0.39, 0.29) is 18.2 Å². The number of nitrogens with zero attached hydrogens (tertiary/aromatic N) is 4. The van der Waals surface area contributed by atoms with Gasteiger partial charge in [0.05, 0.1) is 4.92 Å². The number of nitro benzene ring substituents is 1. The van der Waals surface area contributed by atoms with Crippen molar-refractivity contribution in [3.05, 3.63) is 46.0 Å². The predicted octanol–water partition coefficient (Wildman–Crippen LogP) is 1.65. The zero-order valence-electron chi connectivity index (χ0n) is 14.4. The van der Waals surface area contributed by atoms with E-state index in [2.05, 4.69) is 20.1 Å². The van der Waals surface area contributed by atoms with Crippen LogP contribution in [0.5, 0.6) is 5.75 Å². The number of aromatic nitrogens is 3. The van der Waals surface area contributed by atoms with E-state index in [9.17, 15) is 14.9 Å². The van der Waals surface area contributed by atoms with E-state index in [1.54, 1.807) is 0 Å². The van der Waals surface area contributed by atoms with Gasteiger partial charge in [0.25, 0.3) is 11.6 Å². The summed E-state index contributed by atoms with van der Waals surface area (Å²) >= 11 is 0. The maximum atomic E-state index is 11.9. The highest BCUT2D eigenvalue weighted by Gasteiger charge is 2.14. The number of carbonyl (C=O) groups excluding carboxylic acids is 1. The third kappa shape index (κ3) is 4.56. The first-order valence-corrected chi connectivity index (χ1v) is 8.68. The quantitative estimate of drug-likeness (QED) is 0.594. The number of non-ortho nitro benzene ring substituents is 1. The van der Waals surface area contributed by atoms with Crippen LogP contribution in [0, 0.1) is 10.1 Å². The fraction of sp³-hybridized carbons (Fsp3) is 0.471. The highest BCUT2D eigenvalue weighted by atomic mass is 16.6. The van der Waals surface area contributed by atoms with Crippen molar-refractivity contribution in [1.29, 1.82) is 0 Å². The Morgan fingerprint density at radius 2 is 2.04 bits per heavy atom. The summed E-state index contributed by atoms with van der Waals surface area (Å²) in [6.07, 6.45) is 5.07. The SMILES string of the molecule is O=C(COc1ccc([N+](=O)[O-])cc1)NCCc1nnc2n1CCCCC2. The highest BCUT2D eigenvalue weighted by molar-refractivity contribution is 5.77. The van der Waals surface area contributed by atoms with E-state index in [0.29, 0.717) is 18.7 Å². The summed E-state index contributed by atoms with van der Waals surface area (Å²) in [5.74, 6) is 2.09. The molecule has 1 aromatic carbocycles. The van der Waals surface area contributed by atoms with Crippen LogP contribution in [-0.2, 0) is 24.2 Å². The van der Waals surface area contributed by atoms with Gasteiger partial charge in [-0.25, -0.2) is 0 Å². The predicted molar refractivity (Wildman–Crippen MR) is 92.9 cm³/mol. The molecule has 0 radical (unpaired) electrons. The maximum Gasteiger partial charge on any atom is 0.269 e. The lowest BCUT2D eigenvalue weighted by molar-refractivity contribution is -0.384. The van der Waals surface area contributed by atoms with Gasteiger partial charge in [-0.2, -0.15) is 0 Å². The van der Waals surface area contributed by atoms with E-state index in [4.69, 9.17) is 4.74 Å². The summed E-state index contributed by atoms with van der Waals surface area (Å²) < 4.78 is 7.49. The first-order chi connectivity index (χ1) is 12.6. The van der Waals surface area contributed by atoms with Crippen molar-refractivity contribution in [2.75, 3.05) is 13.2 Å². The number of benzene rings is 1. The average Bonchev–Trinajstić information content (AvgIpc) is 2.87. The standard InChI is InChI=1S/C17H21N5O4/c23-17(12-26-14-7-5-13(6-8-14)22(24)25)18-10-9-16-20-19-15-4-2-1-3-11-21(15)16/h5-8H,1-4,9-12H2,(H,18,23). The van der Waals surface area contributed by atoms with Gasteiger partial charge in [0.15, 0.2) is 6.61 Å². The van der Waals surface area contributed by atoms with Crippen LogP contribution in [-0.4, -0.2) is 38.7 Å². The number of nitrogens with one attached hydrogen (secondary N) is 1. The molecule has 1 aliphatic heterocycles. The van der Waals surface area contributed by atoms with Gasteiger partial charge >= 0.3 is 0 Å². The van der Waals surface area contributed by atoms with E-state index in [1.807, 2.05) is 0 Å². The van der Waals surface area contributed by atoms with Crippen molar-refractivity contribution >= 4 is 11.6 Å². The van der Waals surface area contributed by atoms with Gasteiger partial charge < -0.3 is 14.6 Å². The van der Waals surface area contributed by atoms with Crippen LogP contribution in [0.2, 0.25) is 0 Å². The lowest BCUT2D eigenvalue weighted by Gasteiger charge is -2.09.